The van der Waals surface area contributed by atoms with E-state index < -0.39 is 0 Å². The lowest BCUT2D eigenvalue weighted by Crippen LogP contribution is -2.37. The Morgan fingerprint density at radius 2 is 2.00 bits per heavy atom. The van der Waals surface area contributed by atoms with Crippen molar-refractivity contribution in [3.63, 3.8) is 0 Å². The van der Waals surface area contributed by atoms with Gasteiger partial charge in [0.05, 0.1) is 11.6 Å². The van der Waals surface area contributed by atoms with E-state index in [-0.39, 0.29) is 5.82 Å². The molecule has 0 radical (unpaired) electrons. The summed E-state index contributed by atoms with van der Waals surface area (Å²) >= 11 is 3.48. The molecule has 128 valence electrons. The summed E-state index contributed by atoms with van der Waals surface area (Å²) in [5, 5.41) is 6.48. The molecular formula is C18H21BrFN3O. The van der Waals surface area contributed by atoms with Gasteiger partial charge in [0.2, 0.25) is 0 Å². The summed E-state index contributed by atoms with van der Waals surface area (Å²) < 4.78 is 19.3. The highest BCUT2D eigenvalue weighted by atomic mass is 79.9. The van der Waals surface area contributed by atoms with E-state index in [9.17, 15) is 4.39 Å². The van der Waals surface area contributed by atoms with Crippen molar-refractivity contribution < 1.29 is 9.13 Å². The Bertz CT molecular complexity index is 706. The van der Waals surface area contributed by atoms with Crippen LogP contribution in [-0.2, 0) is 13.0 Å². The van der Waals surface area contributed by atoms with Gasteiger partial charge in [-0.3, -0.25) is 4.99 Å². The molecule has 0 atom stereocenters. The predicted octanol–water partition coefficient (Wildman–Crippen LogP) is 3.50. The molecular weight excluding hydrogens is 373 g/mol. The van der Waals surface area contributed by atoms with Crippen LogP contribution in [0.25, 0.3) is 0 Å². The summed E-state index contributed by atoms with van der Waals surface area (Å²) in [6, 6.07) is 12.6. The molecule has 2 rings (SSSR count). The fraction of sp³-hybridized carbons (Fsp3) is 0.278. The second kappa shape index (κ2) is 9.27. The van der Waals surface area contributed by atoms with Gasteiger partial charge in [0.25, 0.3) is 0 Å². The van der Waals surface area contributed by atoms with Crippen LogP contribution in [0.5, 0.6) is 5.75 Å². The second-order valence-electron chi connectivity index (χ2n) is 5.20. The number of halogens is 2. The van der Waals surface area contributed by atoms with Gasteiger partial charge in [-0.2, -0.15) is 0 Å². The SMILES string of the molecule is CN=C(NCCc1cccc(F)c1)NCc1ccc(OC)c(Br)c1. The van der Waals surface area contributed by atoms with E-state index in [0.717, 1.165) is 27.8 Å². The third kappa shape index (κ3) is 5.53. The number of rotatable bonds is 6. The number of guanidine groups is 1. The average Bonchev–Trinajstić information content (AvgIpc) is 2.58. The maximum atomic E-state index is 13.1. The molecule has 0 saturated carbocycles. The number of nitrogens with zero attached hydrogens (tertiary/aromatic N) is 1. The summed E-state index contributed by atoms with van der Waals surface area (Å²) in [6.07, 6.45) is 0.729. The van der Waals surface area contributed by atoms with Gasteiger partial charge in [0, 0.05) is 20.1 Å². The normalized spacial score (nSPS) is 11.2. The van der Waals surface area contributed by atoms with Crippen molar-refractivity contribution in [1.82, 2.24) is 10.6 Å². The second-order valence-corrected chi connectivity index (χ2v) is 6.06. The topological polar surface area (TPSA) is 45.7 Å². The Morgan fingerprint density at radius 3 is 2.67 bits per heavy atom. The first-order valence-corrected chi connectivity index (χ1v) is 8.43. The molecule has 6 heteroatoms. The smallest absolute Gasteiger partial charge is 0.191 e. The summed E-state index contributed by atoms with van der Waals surface area (Å²) in [6.45, 7) is 1.32. The van der Waals surface area contributed by atoms with E-state index in [4.69, 9.17) is 4.74 Å². The Kier molecular flexibility index (Phi) is 7.06. The number of benzene rings is 2. The lowest BCUT2D eigenvalue weighted by molar-refractivity contribution is 0.412. The van der Waals surface area contributed by atoms with E-state index in [1.807, 2.05) is 24.3 Å². The van der Waals surface area contributed by atoms with Crippen LogP contribution in [-0.4, -0.2) is 26.7 Å². The molecule has 2 aromatic rings. The fourth-order valence-electron chi connectivity index (χ4n) is 2.24. The molecule has 0 heterocycles. The molecule has 2 N–H and O–H groups in total. The molecule has 0 unspecified atom stereocenters. The summed E-state index contributed by atoms with van der Waals surface area (Å²) in [5.74, 6) is 1.30. The molecule has 0 bridgehead atoms. The van der Waals surface area contributed by atoms with Crippen molar-refractivity contribution in [3.05, 3.63) is 63.9 Å². The predicted molar refractivity (Wildman–Crippen MR) is 99.0 cm³/mol. The third-order valence-electron chi connectivity index (χ3n) is 3.49. The molecule has 0 spiro atoms. The van der Waals surface area contributed by atoms with Crippen molar-refractivity contribution in [2.45, 2.75) is 13.0 Å². The lowest BCUT2D eigenvalue weighted by Gasteiger charge is -2.13. The summed E-state index contributed by atoms with van der Waals surface area (Å²) in [4.78, 5) is 4.19. The first-order valence-electron chi connectivity index (χ1n) is 7.63. The highest BCUT2D eigenvalue weighted by Crippen LogP contribution is 2.25. The van der Waals surface area contributed by atoms with Crippen LogP contribution >= 0.6 is 15.9 Å². The largest absolute Gasteiger partial charge is 0.496 e. The van der Waals surface area contributed by atoms with E-state index >= 15 is 0 Å². The highest BCUT2D eigenvalue weighted by molar-refractivity contribution is 9.10. The number of hydrogen-bond donors (Lipinski definition) is 2. The van der Waals surface area contributed by atoms with Gasteiger partial charge in [-0.25, -0.2) is 4.39 Å². The first-order chi connectivity index (χ1) is 11.6. The molecule has 0 aliphatic heterocycles. The van der Waals surface area contributed by atoms with Crippen LogP contribution < -0.4 is 15.4 Å². The molecule has 0 saturated heterocycles. The molecule has 0 aliphatic carbocycles. The standard InChI is InChI=1S/C18H21BrFN3O/c1-21-18(22-9-8-13-4-3-5-15(20)10-13)23-12-14-6-7-17(24-2)16(19)11-14/h3-7,10-11H,8-9,12H2,1-2H3,(H2,21,22,23). The van der Waals surface area contributed by atoms with E-state index in [2.05, 4.69) is 31.6 Å². The minimum atomic E-state index is -0.208. The molecule has 4 nitrogen and oxygen atoms in total. The molecule has 0 aromatic heterocycles. The zero-order chi connectivity index (χ0) is 17.4. The molecule has 24 heavy (non-hydrogen) atoms. The average molecular weight is 394 g/mol. The van der Waals surface area contributed by atoms with Gasteiger partial charge in [-0.1, -0.05) is 18.2 Å². The lowest BCUT2D eigenvalue weighted by atomic mass is 10.1. The number of aliphatic imine (C=N–C) groups is 1. The zero-order valence-electron chi connectivity index (χ0n) is 13.8. The van der Waals surface area contributed by atoms with Crippen LogP contribution in [0.15, 0.2) is 51.9 Å². The Hall–Kier alpha value is -2.08. The highest BCUT2D eigenvalue weighted by Gasteiger charge is 2.03. The van der Waals surface area contributed by atoms with Crippen LogP contribution in [0, 0.1) is 5.82 Å². The number of hydrogen-bond acceptors (Lipinski definition) is 2. The van der Waals surface area contributed by atoms with E-state index in [1.165, 1.54) is 6.07 Å². The van der Waals surface area contributed by atoms with Gasteiger partial charge in [0.15, 0.2) is 5.96 Å². The quantitative estimate of drug-likeness (QED) is 0.582. The van der Waals surface area contributed by atoms with Crippen LogP contribution in [0.1, 0.15) is 11.1 Å². The molecule has 0 fully saturated rings. The Morgan fingerprint density at radius 1 is 1.17 bits per heavy atom. The zero-order valence-corrected chi connectivity index (χ0v) is 15.4. The maximum absolute atomic E-state index is 13.1. The summed E-state index contributed by atoms with van der Waals surface area (Å²) in [7, 11) is 3.36. The van der Waals surface area contributed by atoms with Crippen LogP contribution in [0.2, 0.25) is 0 Å². The maximum Gasteiger partial charge on any atom is 0.191 e. The van der Waals surface area contributed by atoms with Crippen molar-refractivity contribution in [1.29, 1.82) is 0 Å². The monoisotopic (exact) mass is 393 g/mol. The van der Waals surface area contributed by atoms with Crippen molar-refractivity contribution >= 4 is 21.9 Å². The van der Waals surface area contributed by atoms with Gasteiger partial charge in [-0.05, 0) is 57.7 Å². The van der Waals surface area contributed by atoms with E-state index in [1.54, 1.807) is 26.3 Å². The van der Waals surface area contributed by atoms with Crippen molar-refractivity contribution in [2.75, 3.05) is 20.7 Å². The van der Waals surface area contributed by atoms with Crippen molar-refractivity contribution in [2.24, 2.45) is 4.99 Å². The molecule has 0 aliphatic rings. The number of nitrogens with one attached hydrogen (secondary N) is 2. The van der Waals surface area contributed by atoms with Crippen LogP contribution in [0.4, 0.5) is 4.39 Å². The molecule has 0 amide bonds. The van der Waals surface area contributed by atoms with Gasteiger partial charge in [-0.15, -0.1) is 0 Å². The van der Waals surface area contributed by atoms with Gasteiger partial charge in [0.1, 0.15) is 11.6 Å². The van der Waals surface area contributed by atoms with Crippen LogP contribution in [0.3, 0.4) is 0 Å². The third-order valence-corrected chi connectivity index (χ3v) is 4.11. The van der Waals surface area contributed by atoms with Gasteiger partial charge < -0.3 is 15.4 Å². The summed E-state index contributed by atoms with van der Waals surface area (Å²) in [5.41, 5.74) is 2.06. The minimum absolute atomic E-state index is 0.208. The Balaban J connectivity index is 1.81. The first kappa shape index (κ1) is 18.3. The Labute approximate surface area is 150 Å². The fourth-order valence-corrected chi connectivity index (χ4v) is 2.83. The van der Waals surface area contributed by atoms with E-state index in [0.29, 0.717) is 19.0 Å². The number of methoxy groups -OCH3 is 1. The number of ether oxygens (including phenoxy) is 1. The van der Waals surface area contributed by atoms with Crippen molar-refractivity contribution in [3.8, 4) is 5.75 Å². The van der Waals surface area contributed by atoms with Gasteiger partial charge >= 0.3 is 0 Å². The minimum Gasteiger partial charge on any atom is -0.496 e. The molecule has 2 aromatic carbocycles.